The second-order valence-corrected chi connectivity index (χ2v) is 7.55. The van der Waals surface area contributed by atoms with E-state index in [-0.39, 0.29) is 0 Å². The summed E-state index contributed by atoms with van der Waals surface area (Å²) in [7, 11) is 2.02. The van der Waals surface area contributed by atoms with Crippen LogP contribution in [-0.2, 0) is 7.05 Å². The highest BCUT2D eigenvalue weighted by Crippen LogP contribution is 2.35. The first-order valence-electron chi connectivity index (χ1n) is 10.0. The van der Waals surface area contributed by atoms with Crippen LogP contribution >= 0.6 is 0 Å². The van der Waals surface area contributed by atoms with E-state index >= 15 is 0 Å². The van der Waals surface area contributed by atoms with Crippen LogP contribution in [0.1, 0.15) is 37.9 Å². The van der Waals surface area contributed by atoms with Gasteiger partial charge in [0.25, 0.3) is 0 Å². The van der Waals surface area contributed by atoms with Crippen LogP contribution in [0.3, 0.4) is 0 Å². The van der Waals surface area contributed by atoms with Gasteiger partial charge in [0.05, 0.1) is 18.2 Å². The van der Waals surface area contributed by atoms with Crippen LogP contribution in [0.2, 0.25) is 0 Å². The number of nitrogens with zero attached hydrogens (tertiary/aromatic N) is 5. The second kappa shape index (κ2) is 7.69. The highest BCUT2D eigenvalue weighted by Gasteiger charge is 2.24. The molecule has 0 aliphatic carbocycles. The number of aromatic nitrogens is 4. The smallest absolute Gasteiger partial charge is 0.102 e. The van der Waals surface area contributed by atoms with Crippen molar-refractivity contribution in [2.24, 2.45) is 7.05 Å². The largest absolute Gasteiger partial charge is 0.326 e. The molecule has 1 aliphatic heterocycles. The van der Waals surface area contributed by atoms with Gasteiger partial charge >= 0.3 is 0 Å². The van der Waals surface area contributed by atoms with Gasteiger partial charge in [-0.3, -0.25) is 4.68 Å². The lowest BCUT2D eigenvalue weighted by Gasteiger charge is -2.25. The van der Waals surface area contributed by atoms with Crippen molar-refractivity contribution < 1.29 is 0 Å². The van der Waals surface area contributed by atoms with Gasteiger partial charge in [0.2, 0.25) is 0 Å². The monoisotopic (exact) mass is 363 g/mol. The lowest BCUT2D eigenvalue weighted by Crippen LogP contribution is -2.28. The molecule has 0 N–H and O–H groups in total. The zero-order chi connectivity index (χ0) is 18.8. The number of benzene rings is 1. The molecule has 0 saturated carbocycles. The molecule has 142 valence electrons. The van der Waals surface area contributed by atoms with Crippen molar-refractivity contribution in [1.82, 2.24) is 24.2 Å². The van der Waals surface area contributed by atoms with E-state index in [0.29, 0.717) is 6.04 Å². The molecule has 1 aromatic carbocycles. The van der Waals surface area contributed by atoms with E-state index in [1.807, 2.05) is 30.3 Å². The van der Waals surface area contributed by atoms with Crippen molar-refractivity contribution in [3.63, 3.8) is 0 Å². The first-order chi connectivity index (χ1) is 13.2. The number of rotatable bonds is 6. The summed E-state index contributed by atoms with van der Waals surface area (Å²) in [4.78, 5) is 7.12. The van der Waals surface area contributed by atoms with Gasteiger partial charge in [-0.25, -0.2) is 4.98 Å². The molecule has 0 radical (unpaired) electrons. The van der Waals surface area contributed by atoms with Crippen LogP contribution in [0.5, 0.6) is 0 Å². The zero-order valence-electron chi connectivity index (χ0n) is 16.6. The van der Waals surface area contributed by atoms with Gasteiger partial charge in [0, 0.05) is 36.5 Å². The SMILES string of the molecule is CC[C@H](CN1CCCC1)n1cncc1-c1c(-c2ccccc2)nn(C)c1C. The van der Waals surface area contributed by atoms with Crippen molar-refractivity contribution >= 4 is 0 Å². The first-order valence-corrected chi connectivity index (χ1v) is 10.0. The van der Waals surface area contributed by atoms with Gasteiger partial charge in [0.1, 0.15) is 5.69 Å². The number of hydrogen-bond acceptors (Lipinski definition) is 3. The molecule has 3 aromatic rings. The topological polar surface area (TPSA) is 38.9 Å². The summed E-state index contributed by atoms with van der Waals surface area (Å²) in [5.74, 6) is 0. The number of aryl methyl sites for hydroxylation is 1. The number of likely N-dealkylation sites (tertiary alicyclic amines) is 1. The maximum atomic E-state index is 4.83. The summed E-state index contributed by atoms with van der Waals surface area (Å²) in [5, 5.41) is 4.83. The fourth-order valence-corrected chi connectivity index (χ4v) is 4.18. The minimum absolute atomic E-state index is 0.434. The van der Waals surface area contributed by atoms with E-state index in [1.165, 1.54) is 42.9 Å². The minimum atomic E-state index is 0.434. The third-order valence-electron chi connectivity index (χ3n) is 5.84. The van der Waals surface area contributed by atoms with Crippen molar-refractivity contribution in [2.75, 3.05) is 19.6 Å². The second-order valence-electron chi connectivity index (χ2n) is 7.55. The fourth-order valence-electron chi connectivity index (χ4n) is 4.18. The predicted molar refractivity (Wildman–Crippen MR) is 110 cm³/mol. The van der Waals surface area contributed by atoms with Crippen molar-refractivity contribution in [2.45, 2.75) is 39.2 Å². The molecule has 4 rings (SSSR count). The molecule has 1 fully saturated rings. The highest BCUT2D eigenvalue weighted by atomic mass is 15.3. The molecule has 1 atom stereocenters. The van der Waals surface area contributed by atoms with Crippen LogP contribution < -0.4 is 0 Å². The summed E-state index contributed by atoms with van der Waals surface area (Å²) >= 11 is 0. The van der Waals surface area contributed by atoms with Crippen LogP contribution in [-0.4, -0.2) is 43.9 Å². The Morgan fingerprint density at radius 1 is 1.11 bits per heavy atom. The normalized spacial score (nSPS) is 16.1. The minimum Gasteiger partial charge on any atom is -0.326 e. The first kappa shape index (κ1) is 18.0. The third-order valence-corrected chi connectivity index (χ3v) is 5.84. The third kappa shape index (κ3) is 3.44. The van der Waals surface area contributed by atoms with Gasteiger partial charge < -0.3 is 9.47 Å². The quantitative estimate of drug-likeness (QED) is 0.655. The van der Waals surface area contributed by atoms with Gasteiger partial charge in [-0.05, 0) is 39.3 Å². The summed E-state index contributed by atoms with van der Waals surface area (Å²) < 4.78 is 4.35. The molecule has 27 heavy (non-hydrogen) atoms. The van der Waals surface area contributed by atoms with E-state index in [1.54, 1.807) is 0 Å². The number of imidazole rings is 1. The zero-order valence-corrected chi connectivity index (χ0v) is 16.6. The average Bonchev–Trinajstić information content (AvgIpc) is 3.42. The van der Waals surface area contributed by atoms with Gasteiger partial charge in [-0.2, -0.15) is 5.10 Å². The van der Waals surface area contributed by atoms with E-state index in [4.69, 9.17) is 5.10 Å². The lowest BCUT2D eigenvalue weighted by atomic mass is 10.0. The molecule has 0 spiro atoms. The maximum absolute atomic E-state index is 4.83. The molecular formula is C22H29N5. The molecule has 0 bridgehead atoms. The Hall–Kier alpha value is -2.40. The van der Waals surface area contributed by atoms with Crippen molar-refractivity contribution in [3.8, 4) is 22.5 Å². The predicted octanol–water partition coefficient (Wildman–Crippen LogP) is 4.31. The Labute approximate surface area is 161 Å². The maximum Gasteiger partial charge on any atom is 0.102 e. The molecular weight excluding hydrogens is 334 g/mol. The van der Waals surface area contributed by atoms with E-state index in [9.17, 15) is 0 Å². The molecule has 0 unspecified atom stereocenters. The van der Waals surface area contributed by atoms with Gasteiger partial charge in [-0.1, -0.05) is 37.3 Å². The number of hydrogen-bond donors (Lipinski definition) is 0. The van der Waals surface area contributed by atoms with Crippen LogP contribution in [0, 0.1) is 6.92 Å². The van der Waals surface area contributed by atoms with Crippen molar-refractivity contribution in [3.05, 3.63) is 48.5 Å². The lowest BCUT2D eigenvalue weighted by molar-refractivity contribution is 0.273. The summed E-state index contributed by atoms with van der Waals surface area (Å²) in [6.07, 6.45) is 7.75. The van der Waals surface area contributed by atoms with E-state index in [2.05, 4.69) is 52.6 Å². The van der Waals surface area contributed by atoms with Crippen LogP contribution in [0.25, 0.3) is 22.5 Å². The van der Waals surface area contributed by atoms with Crippen molar-refractivity contribution in [1.29, 1.82) is 0 Å². The Morgan fingerprint density at radius 2 is 1.85 bits per heavy atom. The Bertz CT molecular complexity index is 887. The average molecular weight is 364 g/mol. The highest BCUT2D eigenvalue weighted by molar-refractivity contribution is 5.81. The molecule has 5 nitrogen and oxygen atoms in total. The fraction of sp³-hybridized carbons (Fsp3) is 0.455. The van der Waals surface area contributed by atoms with E-state index < -0.39 is 0 Å². The summed E-state index contributed by atoms with van der Waals surface area (Å²) in [5.41, 5.74) is 5.73. The van der Waals surface area contributed by atoms with Gasteiger partial charge in [0.15, 0.2) is 0 Å². The van der Waals surface area contributed by atoms with Crippen LogP contribution in [0.15, 0.2) is 42.9 Å². The van der Waals surface area contributed by atoms with Gasteiger partial charge in [-0.15, -0.1) is 0 Å². The molecule has 1 saturated heterocycles. The van der Waals surface area contributed by atoms with E-state index in [0.717, 1.165) is 24.2 Å². The summed E-state index contributed by atoms with van der Waals surface area (Å²) in [6, 6.07) is 10.9. The molecule has 2 aromatic heterocycles. The Kier molecular flexibility index (Phi) is 5.12. The Balaban J connectivity index is 1.76. The molecule has 0 amide bonds. The van der Waals surface area contributed by atoms with Crippen LogP contribution in [0.4, 0.5) is 0 Å². The Morgan fingerprint density at radius 3 is 2.56 bits per heavy atom. The summed E-state index contributed by atoms with van der Waals surface area (Å²) in [6.45, 7) is 7.97. The molecule has 3 heterocycles. The molecule has 1 aliphatic rings. The molecule has 5 heteroatoms. The standard InChI is InChI=1S/C22H29N5/c1-4-19(15-26-12-8-9-13-26)27-16-23-14-20(27)21-17(2)25(3)24-22(21)18-10-6-5-7-11-18/h5-7,10-11,14,16,19H,4,8-9,12-13,15H2,1-3H3/t19-/m1/s1.